The van der Waals surface area contributed by atoms with Gasteiger partial charge in [-0.2, -0.15) is 0 Å². The van der Waals surface area contributed by atoms with Gasteiger partial charge in [-0.25, -0.2) is 4.39 Å². The van der Waals surface area contributed by atoms with Gasteiger partial charge in [-0.15, -0.1) is 11.3 Å². The standard InChI is InChI=1S/C17H19ClFN3OS/c1-21(17(23)15-4-5-20-8-16(15)18)10-13-7-12(19)9-22(13)11-14-3-2-6-24-14/h2-6,8,12-13H,7,9-11H2,1H3/t12-,13-/m0/s1. The minimum atomic E-state index is -0.844. The van der Waals surface area contributed by atoms with Crippen LogP contribution in [0.15, 0.2) is 36.0 Å². The second kappa shape index (κ2) is 7.59. The average molecular weight is 368 g/mol. The SMILES string of the molecule is CN(C[C@@H]1C[C@H](F)CN1Cc1cccs1)C(=O)c1ccncc1Cl. The number of likely N-dealkylation sites (tertiary alicyclic amines) is 1. The van der Waals surface area contributed by atoms with Crippen molar-refractivity contribution in [3.8, 4) is 0 Å². The smallest absolute Gasteiger partial charge is 0.255 e. The Balaban J connectivity index is 1.66. The molecule has 0 aliphatic carbocycles. The lowest BCUT2D eigenvalue weighted by atomic mass is 10.1. The number of likely N-dealkylation sites (N-methyl/N-ethyl adjacent to an activating group) is 1. The maximum atomic E-state index is 13.9. The Morgan fingerprint density at radius 2 is 2.38 bits per heavy atom. The van der Waals surface area contributed by atoms with Crippen molar-refractivity contribution in [2.75, 3.05) is 20.1 Å². The van der Waals surface area contributed by atoms with Gasteiger partial charge in [0.25, 0.3) is 5.91 Å². The fourth-order valence-electron chi connectivity index (χ4n) is 3.06. The topological polar surface area (TPSA) is 36.4 Å². The third-order valence-electron chi connectivity index (χ3n) is 4.25. The largest absolute Gasteiger partial charge is 0.340 e. The maximum Gasteiger partial charge on any atom is 0.255 e. The summed E-state index contributed by atoms with van der Waals surface area (Å²) in [6, 6.07) is 5.67. The van der Waals surface area contributed by atoms with Crippen LogP contribution in [0.3, 0.4) is 0 Å². The summed E-state index contributed by atoms with van der Waals surface area (Å²) in [6.45, 7) is 1.62. The van der Waals surface area contributed by atoms with Gasteiger partial charge in [0, 0.05) is 50.0 Å². The molecule has 0 aromatic carbocycles. The van der Waals surface area contributed by atoms with E-state index in [1.165, 1.54) is 11.1 Å². The predicted octanol–water partition coefficient (Wildman–Crippen LogP) is 3.48. The fourth-order valence-corrected chi connectivity index (χ4v) is 3.99. The molecule has 24 heavy (non-hydrogen) atoms. The first-order chi connectivity index (χ1) is 11.5. The van der Waals surface area contributed by atoms with E-state index >= 15 is 0 Å². The zero-order valence-electron chi connectivity index (χ0n) is 13.4. The predicted molar refractivity (Wildman–Crippen MR) is 94.2 cm³/mol. The van der Waals surface area contributed by atoms with Crippen molar-refractivity contribution in [3.05, 3.63) is 51.4 Å². The molecule has 0 saturated carbocycles. The Hall–Kier alpha value is -1.50. The molecule has 2 aromatic heterocycles. The van der Waals surface area contributed by atoms with Gasteiger partial charge in [0.1, 0.15) is 6.17 Å². The van der Waals surface area contributed by atoms with Crippen LogP contribution >= 0.6 is 22.9 Å². The number of amides is 1. The number of carbonyl (C=O) groups excluding carboxylic acids is 1. The van der Waals surface area contributed by atoms with Gasteiger partial charge >= 0.3 is 0 Å². The molecule has 1 amide bonds. The summed E-state index contributed by atoms with van der Waals surface area (Å²) in [4.78, 5) is 21.4. The minimum Gasteiger partial charge on any atom is -0.340 e. The summed E-state index contributed by atoms with van der Waals surface area (Å²) >= 11 is 7.72. The monoisotopic (exact) mass is 367 g/mol. The first kappa shape index (κ1) is 17.3. The Morgan fingerprint density at radius 1 is 1.54 bits per heavy atom. The van der Waals surface area contributed by atoms with Crippen LogP contribution < -0.4 is 0 Å². The van der Waals surface area contributed by atoms with Crippen molar-refractivity contribution in [2.45, 2.75) is 25.2 Å². The second-order valence-corrected chi connectivity index (χ2v) is 7.48. The van der Waals surface area contributed by atoms with Crippen molar-refractivity contribution < 1.29 is 9.18 Å². The lowest BCUT2D eigenvalue weighted by Gasteiger charge is -2.28. The van der Waals surface area contributed by atoms with Crippen LogP contribution in [0.2, 0.25) is 5.02 Å². The van der Waals surface area contributed by atoms with Crippen LogP contribution in [0.5, 0.6) is 0 Å². The van der Waals surface area contributed by atoms with Gasteiger partial charge in [-0.1, -0.05) is 17.7 Å². The second-order valence-electron chi connectivity index (χ2n) is 6.04. The molecule has 0 spiro atoms. The zero-order valence-corrected chi connectivity index (χ0v) is 14.9. The normalized spacial score (nSPS) is 21.1. The first-order valence-electron chi connectivity index (χ1n) is 7.80. The fraction of sp³-hybridized carbons (Fsp3) is 0.412. The van der Waals surface area contributed by atoms with Gasteiger partial charge in [0.05, 0.1) is 10.6 Å². The highest BCUT2D eigenvalue weighted by Crippen LogP contribution is 2.25. The summed E-state index contributed by atoms with van der Waals surface area (Å²) in [5, 5.41) is 2.36. The number of carbonyl (C=O) groups is 1. The number of alkyl halides is 1. The third kappa shape index (κ3) is 3.94. The van der Waals surface area contributed by atoms with E-state index in [9.17, 15) is 9.18 Å². The number of nitrogens with zero attached hydrogens (tertiary/aromatic N) is 3. The van der Waals surface area contributed by atoms with Crippen LogP contribution in [-0.4, -0.2) is 53.0 Å². The van der Waals surface area contributed by atoms with Crippen molar-refractivity contribution in [1.29, 1.82) is 0 Å². The molecule has 1 saturated heterocycles. The Kier molecular flexibility index (Phi) is 5.48. The van der Waals surface area contributed by atoms with Crippen LogP contribution in [0.25, 0.3) is 0 Å². The summed E-state index contributed by atoms with van der Waals surface area (Å²) < 4.78 is 13.9. The van der Waals surface area contributed by atoms with E-state index < -0.39 is 6.17 Å². The minimum absolute atomic E-state index is 0.0108. The van der Waals surface area contributed by atoms with E-state index in [0.717, 1.165) is 6.54 Å². The Bertz CT molecular complexity index is 697. The molecular formula is C17H19ClFN3OS. The molecule has 4 nitrogen and oxygen atoms in total. The number of halogens is 2. The van der Waals surface area contributed by atoms with Gasteiger partial charge < -0.3 is 4.90 Å². The summed E-state index contributed by atoms with van der Waals surface area (Å²) in [7, 11) is 1.73. The molecule has 128 valence electrons. The Morgan fingerprint density at radius 3 is 3.08 bits per heavy atom. The molecule has 1 aliphatic heterocycles. The molecule has 0 unspecified atom stereocenters. The van der Waals surface area contributed by atoms with Crippen LogP contribution in [0.4, 0.5) is 4.39 Å². The maximum absolute atomic E-state index is 13.9. The molecular weight excluding hydrogens is 349 g/mol. The van der Waals surface area contributed by atoms with E-state index in [4.69, 9.17) is 11.6 Å². The highest BCUT2D eigenvalue weighted by atomic mass is 35.5. The van der Waals surface area contributed by atoms with E-state index in [-0.39, 0.29) is 11.9 Å². The molecule has 0 radical (unpaired) electrons. The average Bonchev–Trinajstić information content (AvgIpc) is 3.17. The molecule has 7 heteroatoms. The van der Waals surface area contributed by atoms with Crippen LogP contribution in [0, 0.1) is 0 Å². The molecule has 0 N–H and O–H groups in total. The highest BCUT2D eigenvalue weighted by molar-refractivity contribution is 7.09. The molecule has 1 fully saturated rings. The van der Waals surface area contributed by atoms with Crippen molar-refractivity contribution in [2.24, 2.45) is 0 Å². The van der Waals surface area contributed by atoms with Gasteiger partial charge in [0.15, 0.2) is 0 Å². The van der Waals surface area contributed by atoms with Gasteiger partial charge in [-0.05, 0) is 23.9 Å². The molecule has 0 bridgehead atoms. The van der Waals surface area contributed by atoms with Crippen molar-refractivity contribution in [3.63, 3.8) is 0 Å². The molecule has 2 atom stereocenters. The number of rotatable bonds is 5. The number of thiophene rings is 1. The zero-order chi connectivity index (χ0) is 17.1. The van der Waals surface area contributed by atoms with E-state index in [0.29, 0.717) is 30.1 Å². The van der Waals surface area contributed by atoms with Crippen LogP contribution in [-0.2, 0) is 6.54 Å². The number of hydrogen-bond donors (Lipinski definition) is 0. The first-order valence-corrected chi connectivity index (χ1v) is 9.06. The van der Waals surface area contributed by atoms with E-state index in [1.807, 2.05) is 11.4 Å². The lowest BCUT2D eigenvalue weighted by Crippen LogP contribution is -2.40. The van der Waals surface area contributed by atoms with Crippen molar-refractivity contribution >= 4 is 28.8 Å². The Labute approximate surface area is 149 Å². The van der Waals surface area contributed by atoms with Crippen molar-refractivity contribution in [1.82, 2.24) is 14.8 Å². The quantitative estimate of drug-likeness (QED) is 0.811. The summed E-state index contributed by atoms with van der Waals surface area (Å²) in [6.07, 6.45) is 2.61. The number of pyridine rings is 1. The van der Waals surface area contributed by atoms with Gasteiger partial charge in [0.2, 0.25) is 0 Å². The molecule has 2 aromatic rings. The molecule has 3 rings (SSSR count). The number of aromatic nitrogens is 1. The van der Waals surface area contributed by atoms with Crippen LogP contribution in [0.1, 0.15) is 21.7 Å². The third-order valence-corrected chi connectivity index (χ3v) is 5.41. The van der Waals surface area contributed by atoms with E-state index in [1.54, 1.807) is 35.5 Å². The van der Waals surface area contributed by atoms with Gasteiger partial charge in [-0.3, -0.25) is 14.7 Å². The lowest BCUT2D eigenvalue weighted by molar-refractivity contribution is 0.0750. The molecule has 1 aliphatic rings. The summed E-state index contributed by atoms with van der Waals surface area (Å²) in [5.74, 6) is -0.166. The summed E-state index contributed by atoms with van der Waals surface area (Å²) in [5.41, 5.74) is 0.425. The number of hydrogen-bond acceptors (Lipinski definition) is 4. The molecule has 3 heterocycles. The highest BCUT2D eigenvalue weighted by Gasteiger charge is 2.33. The van der Waals surface area contributed by atoms with E-state index in [2.05, 4.69) is 16.0 Å².